The lowest BCUT2D eigenvalue weighted by atomic mass is 10.1. The van der Waals surface area contributed by atoms with E-state index in [4.69, 9.17) is 4.74 Å². The van der Waals surface area contributed by atoms with Gasteiger partial charge >= 0.3 is 0 Å². The molecule has 3 aromatic carbocycles. The molecule has 4 aromatic rings. The van der Waals surface area contributed by atoms with Crippen LogP contribution in [0.3, 0.4) is 0 Å². The molecule has 4 rings (SSSR count). The maximum absolute atomic E-state index is 13.2. The van der Waals surface area contributed by atoms with Gasteiger partial charge in [0.1, 0.15) is 11.6 Å². The first-order valence-corrected chi connectivity index (χ1v) is 10.3. The fourth-order valence-corrected chi connectivity index (χ4v) is 3.48. The van der Waals surface area contributed by atoms with Crippen LogP contribution in [0.15, 0.2) is 89.7 Å². The van der Waals surface area contributed by atoms with E-state index in [0.717, 1.165) is 11.1 Å². The third kappa shape index (κ3) is 4.92. The minimum Gasteiger partial charge on any atom is -0.496 e. The lowest BCUT2D eigenvalue weighted by Gasteiger charge is -2.22. The first-order valence-electron chi connectivity index (χ1n) is 10.3. The number of nitrogens with zero attached hydrogens (tertiary/aromatic N) is 2. The van der Waals surface area contributed by atoms with E-state index in [1.807, 2.05) is 60.7 Å². The highest BCUT2D eigenvalue weighted by Crippen LogP contribution is 2.20. The topological polar surface area (TPSA) is 75.3 Å². The zero-order chi connectivity index (χ0) is 22.3. The van der Waals surface area contributed by atoms with Gasteiger partial charge in [0.15, 0.2) is 0 Å². The quantitative estimate of drug-likeness (QED) is 0.451. The fourth-order valence-electron chi connectivity index (χ4n) is 3.48. The zero-order valence-corrected chi connectivity index (χ0v) is 17.7. The molecule has 0 aliphatic heterocycles. The first-order chi connectivity index (χ1) is 15.6. The van der Waals surface area contributed by atoms with Crippen LogP contribution in [0.1, 0.15) is 17.0 Å². The number of hydrogen-bond acceptors (Lipinski definition) is 4. The van der Waals surface area contributed by atoms with Crippen molar-refractivity contribution in [3.63, 3.8) is 0 Å². The highest BCUT2D eigenvalue weighted by molar-refractivity contribution is 5.91. The van der Waals surface area contributed by atoms with Crippen LogP contribution in [0, 0.1) is 0 Å². The summed E-state index contributed by atoms with van der Waals surface area (Å²) in [6, 6.07) is 24.3. The molecule has 1 amide bonds. The van der Waals surface area contributed by atoms with Crippen LogP contribution in [0.5, 0.6) is 5.75 Å². The molecule has 0 spiro atoms. The van der Waals surface area contributed by atoms with Gasteiger partial charge in [-0.25, -0.2) is 4.98 Å². The SMILES string of the molecule is COc1ccccc1CN(Cc1nc2ccccc2c(=O)[nH]1)C(=O)/C=C/c1ccccc1. The Bertz CT molecular complexity index is 1310. The summed E-state index contributed by atoms with van der Waals surface area (Å²) in [5, 5.41) is 0.517. The van der Waals surface area contributed by atoms with Crippen molar-refractivity contribution in [1.29, 1.82) is 0 Å². The Hall–Kier alpha value is -4.19. The number of benzene rings is 3. The van der Waals surface area contributed by atoms with Gasteiger partial charge in [-0.3, -0.25) is 9.59 Å². The number of aromatic nitrogens is 2. The van der Waals surface area contributed by atoms with Crippen LogP contribution >= 0.6 is 0 Å². The van der Waals surface area contributed by atoms with Gasteiger partial charge in [-0.2, -0.15) is 0 Å². The Labute approximate surface area is 185 Å². The van der Waals surface area contributed by atoms with Gasteiger partial charge < -0.3 is 14.6 Å². The highest BCUT2D eigenvalue weighted by atomic mass is 16.5. The van der Waals surface area contributed by atoms with Crippen molar-refractivity contribution in [3.8, 4) is 5.75 Å². The summed E-state index contributed by atoms with van der Waals surface area (Å²) < 4.78 is 5.45. The predicted octanol–water partition coefficient (Wildman–Crippen LogP) is 4.17. The summed E-state index contributed by atoms with van der Waals surface area (Å²) >= 11 is 0. The van der Waals surface area contributed by atoms with E-state index < -0.39 is 0 Å². The zero-order valence-electron chi connectivity index (χ0n) is 17.7. The Morgan fingerprint density at radius 1 is 0.969 bits per heavy atom. The summed E-state index contributed by atoms with van der Waals surface area (Å²) in [5.74, 6) is 0.915. The van der Waals surface area contributed by atoms with Gasteiger partial charge in [-0.05, 0) is 29.8 Å². The number of para-hydroxylation sites is 2. The predicted molar refractivity (Wildman–Crippen MR) is 125 cm³/mol. The van der Waals surface area contributed by atoms with Crippen molar-refractivity contribution in [1.82, 2.24) is 14.9 Å². The number of carbonyl (C=O) groups excluding carboxylic acids is 1. The second kappa shape index (κ2) is 9.75. The van der Waals surface area contributed by atoms with Crippen LogP contribution in [0.25, 0.3) is 17.0 Å². The van der Waals surface area contributed by atoms with E-state index in [-0.39, 0.29) is 18.0 Å². The number of fused-ring (bicyclic) bond motifs is 1. The van der Waals surface area contributed by atoms with E-state index in [1.54, 1.807) is 36.3 Å². The van der Waals surface area contributed by atoms with E-state index >= 15 is 0 Å². The molecule has 0 aliphatic carbocycles. The maximum atomic E-state index is 13.2. The van der Waals surface area contributed by atoms with Crippen LogP contribution < -0.4 is 10.3 Å². The minimum atomic E-state index is -0.227. The molecule has 0 saturated heterocycles. The summed E-state index contributed by atoms with van der Waals surface area (Å²) in [5.41, 5.74) is 2.15. The lowest BCUT2D eigenvalue weighted by Crippen LogP contribution is -2.30. The van der Waals surface area contributed by atoms with Crippen molar-refractivity contribution >= 4 is 22.9 Å². The average Bonchev–Trinajstić information content (AvgIpc) is 2.83. The monoisotopic (exact) mass is 425 g/mol. The second-order valence-corrected chi connectivity index (χ2v) is 7.28. The van der Waals surface area contributed by atoms with Gasteiger partial charge in [0.2, 0.25) is 5.91 Å². The molecule has 0 aliphatic rings. The number of carbonyl (C=O) groups is 1. The number of H-pyrrole nitrogens is 1. The summed E-state index contributed by atoms with van der Waals surface area (Å²) in [6.45, 7) is 0.453. The number of methoxy groups -OCH3 is 1. The van der Waals surface area contributed by atoms with Crippen LogP contribution in [0.4, 0.5) is 0 Å². The molecule has 1 N–H and O–H groups in total. The summed E-state index contributed by atoms with van der Waals surface area (Å²) in [7, 11) is 1.60. The van der Waals surface area contributed by atoms with E-state index in [1.165, 1.54) is 6.08 Å². The van der Waals surface area contributed by atoms with E-state index in [2.05, 4.69) is 9.97 Å². The van der Waals surface area contributed by atoms with Gasteiger partial charge in [-0.15, -0.1) is 0 Å². The van der Waals surface area contributed by atoms with E-state index in [9.17, 15) is 9.59 Å². The van der Waals surface area contributed by atoms with Crippen molar-refractivity contribution in [2.45, 2.75) is 13.1 Å². The van der Waals surface area contributed by atoms with Crippen LogP contribution in [-0.4, -0.2) is 27.9 Å². The molecule has 32 heavy (non-hydrogen) atoms. The third-order valence-electron chi connectivity index (χ3n) is 5.09. The number of ether oxygens (including phenoxy) is 1. The van der Waals surface area contributed by atoms with Crippen molar-refractivity contribution in [2.24, 2.45) is 0 Å². The van der Waals surface area contributed by atoms with Crippen LogP contribution in [-0.2, 0) is 17.9 Å². The maximum Gasteiger partial charge on any atom is 0.258 e. The smallest absolute Gasteiger partial charge is 0.258 e. The standard InChI is InChI=1S/C26H23N3O3/c1-32-23-14-8-5-11-20(23)17-29(25(30)16-15-19-9-3-2-4-10-19)18-24-27-22-13-7-6-12-21(22)26(31)28-24/h2-16H,17-18H2,1H3,(H,27,28,31)/b16-15+. The number of amides is 1. The number of nitrogens with one attached hydrogen (secondary N) is 1. The molecule has 0 saturated carbocycles. The van der Waals surface area contributed by atoms with Gasteiger partial charge in [-0.1, -0.05) is 60.7 Å². The largest absolute Gasteiger partial charge is 0.496 e. The Morgan fingerprint density at radius 3 is 2.50 bits per heavy atom. The van der Waals surface area contributed by atoms with E-state index in [0.29, 0.717) is 29.0 Å². The Morgan fingerprint density at radius 2 is 1.69 bits per heavy atom. The van der Waals surface area contributed by atoms with Gasteiger partial charge in [0.05, 0.1) is 31.1 Å². The van der Waals surface area contributed by atoms with Crippen molar-refractivity contribution in [3.05, 3.63) is 112 Å². The molecule has 160 valence electrons. The summed E-state index contributed by atoms with van der Waals surface area (Å²) in [6.07, 6.45) is 3.30. The van der Waals surface area contributed by atoms with Gasteiger partial charge in [0.25, 0.3) is 5.56 Å². The Balaban J connectivity index is 1.66. The molecule has 0 fully saturated rings. The first kappa shape index (κ1) is 21.1. The third-order valence-corrected chi connectivity index (χ3v) is 5.09. The normalized spacial score (nSPS) is 11.0. The molecule has 0 bridgehead atoms. The van der Waals surface area contributed by atoms with Crippen LogP contribution in [0.2, 0.25) is 0 Å². The Kier molecular flexibility index (Phi) is 6.41. The molecular formula is C26H23N3O3. The van der Waals surface area contributed by atoms with Gasteiger partial charge in [0, 0.05) is 11.6 Å². The molecular weight excluding hydrogens is 402 g/mol. The molecule has 0 atom stereocenters. The second-order valence-electron chi connectivity index (χ2n) is 7.28. The van der Waals surface area contributed by atoms with Crippen molar-refractivity contribution < 1.29 is 9.53 Å². The summed E-state index contributed by atoms with van der Waals surface area (Å²) in [4.78, 5) is 34.6. The molecule has 1 aromatic heterocycles. The molecule has 6 nitrogen and oxygen atoms in total. The molecule has 6 heteroatoms. The minimum absolute atomic E-state index is 0.149. The fraction of sp³-hybridized carbons (Fsp3) is 0.115. The molecule has 0 radical (unpaired) electrons. The van der Waals surface area contributed by atoms with Crippen molar-refractivity contribution in [2.75, 3.05) is 7.11 Å². The highest BCUT2D eigenvalue weighted by Gasteiger charge is 2.16. The average molecular weight is 425 g/mol. The lowest BCUT2D eigenvalue weighted by molar-refractivity contribution is -0.127. The number of hydrogen-bond donors (Lipinski definition) is 1. The molecule has 1 heterocycles. The molecule has 0 unspecified atom stereocenters. The number of aromatic amines is 1. The number of rotatable bonds is 7.